The molecule has 0 spiro atoms. The van der Waals surface area contributed by atoms with Crippen LogP contribution in [0.1, 0.15) is 62.0 Å². The Kier molecular flexibility index (Phi) is 7.01. The van der Waals surface area contributed by atoms with Crippen LogP contribution >= 0.6 is 0 Å². The summed E-state index contributed by atoms with van der Waals surface area (Å²) in [5.74, 6) is -0.687. The van der Waals surface area contributed by atoms with E-state index >= 15 is 0 Å². The number of ether oxygens (including phenoxy) is 1. The van der Waals surface area contributed by atoms with Gasteiger partial charge in [-0.3, -0.25) is 14.6 Å². The fraction of sp³-hybridized carbons (Fsp3) is 0.276. The van der Waals surface area contributed by atoms with E-state index in [0.29, 0.717) is 22.9 Å². The van der Waals surface area contributed by atoms with Crippen molar-refractivity contribution in [3.63, 3.8) is 0 Å². The molecule has 1 saturated heterocycles. The Bertz CT molecular complexity index is 1250. The Morgan fingerprint density at radius 3 is 2.37 bits per heavy atom. The molecule has 1 N–H and O–H groups in total. The third-order valence-corrected chi connectivity index (χ3v) is 6.00. The Morgan fingerprint density at radius 1 is 1.00 bits per heavy atom. The van der Waals surface area contributed by atoms with E-state index < -0.39 is 17.7 Å². The summed E-state index contributed by atoms with van der Waals surface area (Å²) < 4.78 is 5.76. The number of carbonyl (C=O) groups excluding carboxylic acids is 2. The maximum atomic E-state index is 13.3. The zero-order valence-electron chi connectivity index (χ0n) is 20.4. The number of carbonyl (C=O) groups is 2. The molecule has 2 aromatic carbocycles. The summed E-state index contributed by atoms with van der Waals surface area (Å²) >= 11 is 0. The van der Waals surface area contributed by atoms with Gasteiger partial charge in [-0.2, -0.15) is 0 Å². The molecule has 1 aliphatic rings. The average molecular weight is 471 g/mol. The third-order valence-electron chi connectivity index (χ3n) is 6.00. The first kappa shape index (κ1) is 24.2. The van der Waals surface area contributed by atoms with Gasteiger partial charge in [0.1, 0.15) is 11.5 Å². The van der Waals surface area contributed by atoms with Gasteiger partial charge in [0.15, 0.2) is 0 Å². The number of aliphatic hydroxyl groups excluding tert-OH is 1. The molecule has 4 rings (SSSR count). The van der Waals surface area contributed by atoms with Gasteiger partial charge in [-0.15, -0.1) is 0 Å². The number of hydrogen-bond donors (Lipinski definition) is 1. The monoisotopic (exact) mass is 470 g/mol. The minimum atomic E-state index is -0.743. The standard InChI is InChI=1S/C29H30N2O4/c1-18(2)20-11-13-21(14-12-20)26-25(27(32)22-8-7-10-24(16-22)35-19(3)4)28(33)29(34)31(26)17-23-9-5-6-15-30-23/h5-16,18-19,26,32H,17H2,1-4H3/b27-25-. The molecule has 180 valence electrons. The Balaban J connectivity index is 1.83. The van der Waals surface area contributed by atoms with Gasteiger partial charge < -0.3 is 14.7 Å². The molecule has 1 aliphatic heterocycles. The van der Waals surface area contributed by atoms with E-state index in [9.17, 15) is 14.7 Å². The van der Waals surface area contributed by atoms with Crippen molar-refractivity contribution >= 4 is 17.4 Å². The van der Waals surface area contributed by atoms with Crippen molar-refractivity contribution in [1.82, 2.24) is 9.88 Å². The topological polar surface area (TPSA) is 79.7 Å². The molecule has 2 heterocycles. The summed E-state index contributed by atoms with van der Waals surface area (Å²) in [5, 5.41) is 11.3. The lowest BCUT2D eigenvalue weighted by atomic mass is 9.93. The van der Waals surface area contributed by atoms with Crippen molar-refractivity contribution in [2.75, 3.05) is 0 Å². The summed E-state index contributed by atoms with van der Waals surface area (Å²) in [4.78, 5) is 32.3. The number of rotatable bonds is 7. The number of nitrogens with zero attached hydrogens (tertiary/aromatic N) is 2. The smallest absolute Gasteiger partial charge is 0.296 e. The molecule has 0 aliphatic carbocycles. The first-order chi connectivity index (χ1) is 16.8. The number of likely N-dealkylation sites (tertiary alicyclic amines) is 1. The molecule has 0 saturated carbocycles. The van der Waals surface area contributed by atoms with E-state index in [1.165, 1.54) is 4.90 Å². The lowest BCUT2D eigenvalue weighted by Gasteiger charge is -2.25. The minimum absolute atomic E-state index is 0.0455. The summed E-state index contributed by atoms with van der Waals surface area (Å²) in [5.41, 5.74) is 3.04. The number of aromatic nitrogens is 1. The molecule has 1 aromatic heterocycles. The average Bonchev–Trinajstić information content (AvgIpc) is 3.09. The molecule has 6 nitrogen and oxygen atoms in total. The van der Waals surface area contributed by atoms with Gasteiger partial charge in [0, 0.05) is 11.8 Å². The number of pyridine rings is 1. The molecule has 35 heavy (non-hydrogen) atoms. The van der Waals surface area contributed by atoms with Gasteiger partial charge in [-0.25, -0.2) is 0 Å². The highest BCUT2D eigenvalue weighted by atomic mass is 16.5. The van der Waals surface area contributed by atoms with E-state index in [0.717, 1.165) is 11.1 Å². The minimum Gasteiger partial charge on any atom is -0.507 e. The van der Waals surface area contributed by atoms with E-state index in [4.69, 9.17) is 4.74 Å². The van der Waals surface area contributed by atoms with Crippen molar-refractivity contribution in [2.24, 2.45) is 0 Å². The molecule has 0 radical (unpaired) electrons. The fourth-order valence-electron chi connectivity index (χ4n) is 4.26. The van der Waals surface area contributed by atoms with Crippen LogP contribution in [0, 0.1) is 0 Å². The zero-order chi connectivity index (χ0) is 25.1. The normalized spacial score (nSPS) is 17.4. The fourth-order valence-corrected chi connectivity index (χ4v) is 4.26. The van der Waals surface area contributed by atoms with Crippen molar-refractivity contribution in [2.45, 2.75) is 52.3 Å². The number of aliphatic hydroxyl groups is 1. The van der Waals surface area contributed by atoms with E-state index in [1.54, 1.807) is 36.5 Å². The van der Waals surface area contributed by atoms with Crippen LogP contribution in [0.15, 0.2) is 78.5 Å². The van der Waals surface area contributed by atoms with Crippen LogP contribution in [-0.4, -0.2) is 32.8 Å². The SMILES string of the molecule is CC(C)Oc1cccc(/C(O)=C2/C(=O)C(=O)N(Cc3ccccn3)C2c2ccc(C(C)C)cc2)c1. The highest BCUT2D eigenvalue weighted by Gasteiger charge is 2.46. The highest BCUT2D eigenvalue weighted by molar-refractivity contribution is 6.46. The molecule has 1 unspecified atom stereocenters. The molecule has 6 heteroatoms. The Hall–Kier alpha value is -3.93. The third kappa shape index (κ3) is 5.11. The van der Waals surface area contributed by atoms with Gasteiger partial charge >= 0.3 is 0 Å². The van der Waals surface area contributed by atoms with E-state index in [2.05, 4.69) is 18.8 Å². The lowest BCUT2D eigenvalue weighted by Crippen LogP contribution is -2.29. The van der Waals surface area contributed by atoms with Crippen LogP contribution in [0.4, 0.5) is 0 Å². The molecule has 1 fully saturated rings. The van der Waals surface area contributed by atoms with Crippen molar-refractivity contribution in [3.05, 3.63) is 101 Å². The number of amides is 1. The van der Waals surface area contributed by atoms with Crippen LogP contribution in [0.2, 0.25) is 0 Å². The van der Waals surface area contributed by atoms with Gasteiger partial charge in [-0.1, -0.05) is 56.3 Å². The first-order valence-corrected chi connectivity index (χ1v) is 11.8. The zero-order valence-corrected chi connectivity index (χ0v) is 20.4. The maximum absolute atomic E-state index is 13.3. The molecular weight excluding hydrogens is 440 g/mol. The quantitative estimate of drug-likeness (QED) is 0.276. The Morgan fingerprint density at radius 2 is 1.74 bits per heavy atom. The second-order valence-corrected chi connectivity index (χ2v) is 9.26. The number of hydrogen-bond acceptors (Lipinski definition) is 5. The number of Topliss-reactive ketones (excluding diaryl/α,β-unsaturated/α-hetero) is 1. The summed E-state index contributed by atoms with van der Waals surface area (Å²) in [6.07, 6.45) is 1.61. The second-order valence-electron chi connectivity index (χ2n) is 9.26. The predicted molar refractivity (Wildman–Crippen MR) is 135 cm³/mol. The van der Waals surface area contributed by atoms with Crippen LogP contribution in [0.25, 0.3) is 5.76 Å². The predicted octanol–water partition coefficient (Wildman–Crippen LogP) is 5.61. The van der Waals surface area contributed by atoms with Gasteiger partial charge in [0.25, 0.3) is 11.7 Å². The molecular formula is C29H30N2O4. The summed E-state index contributed by atoms with van der Waals surface area (Å²) in [6.45, 7) is 8.19. The molecule has 1 amide bonds. The Labute approximate surface area is 205 Å². The second kappa shape index (κ2) is 10.1. The lowest BCUT2D eigenvalue weighted by molar-refractivity contribution is -0.140. The summed E-state index contributed by atoms with van der Waals surface area (Å²) in [7, 11) is 0. The largest absolute Gasteiger partial charge is 0.507 e. The first-order valence-electron chi connectivity index (χ1n) is 11.8. The van der Waals surface area contributed by atoms with Crippen molar-refractivity contribution < 1.29 is 19.4 Å². The van der Waals surface area contributed by atoms with Crippen molar-refractivity contribution in [3.8, 4) is 5.75 Å². The van der Waals surface area contributed by atoms with E-state index in [1.807, 2.05) is 50.2 Å². The highest BCUT2D eigenvalue weighted by Crippen LogP contribution is 2.40. The van der Waals surface area contributed by atoms with E-state index in [-0.39, 0.29) is 24.0 Å². The maximum Gasteiger partial charge on any atom is 0.296 e. The van der Waals surface area contributed by atoms with Crippen LogP contribution < -0.4 is 4.74 Å². The van der Waals surface area contributed by atoms with Crippen LogP contribution in [0.3, 0.4) is 0 Å². The van der Waals surface area contributed by atoms with Gasteiger partial charge in [0.05, 0.1) is 30.0 Å². The number of benzene rings is 2. The summed E-state index contributed by atoms with van der Waals surface area (Å²) in [6, 6.07) is 19.5. The molecule has 1 atom stereocenters. The number of ketones is 1. The molecule has 3 aromatic rings. The van der Waals surface area contributed by atoms with Crippen LogP contribution in [0.5, 0.6) is 5.75 Å². The molecule has 0 bridgehead atoms. The van der Waals surface area contributed by atoms with Crippen molar-refractivity contribution in [1.29, 1.82) is 0 Å². The van der Waals surface area contributed by atoms with Gasteiger partial charge in [0.2, 0.25) is 0 Å². The van der Waals surface area contributed by atoms with Gasteiger partial charge in [-0.05, 0) is 55.2 Å². The van der Waals surface area contributed by atoms with Crippen LogP contribution in [-0.2, 0) is 16.1 Å².